The highest BCUT2D eigenvalue weighted by molar-refractivity contribution is 6.04. The average Bonchev–Trinajstić information content (AvgIpc) is 3.67. The molecule has 12 rings (SSSR count). The molecule has 334 valence electrons. The van der Waals surface area contributed by atoms with Crippen LogP contribution < -0.4 is 4.90 Å². The van der Waals surface area contributed by atoms with Crippen LogP contribution in [-0.4, -0.2) is 0 Å². The Balaban J connectivity index is 1.07. The second-order valence-electron chi connectivity index (χ2n) is 17.4. The molecule has 0 aromatic heterocycles. The third kappa shape index (κ3) is 8.85. The maximum atomic E-state index is 9.94. The van der Waals surface area contributed by atoms with Gasteiger partial charge in [-0.25, -0.2) is 0 Å². The topological polar surface area (TPSA) is 3.24 Å². The minimum Gasteiger partial charge on any atom is -0.311 e. The minimum atomic E-state index is -0.419. The normalized spacial score (nSPS) is 12.7. The summed E-state index contributed by atoms with van der Waals surface area (Å²) in [7, 11) is 0. The van der Waals surface area contributed by atoms with Gasteiger partial charge in [0.2, 0.25) is 0 Å². The van der Waals surface area contributed by atoms with Crippen LogP contribution >= 0.6 is 0 Å². The molecule has 0 unspecified atom stereocenters. The molecule has 0 saturated carbocycles. The van der Waals surface area contributed by atoms with Gasteiger partial charge < -0.3 is 4.90 Å². The summed E-state index contributed by atoms with van der Waals surface area (Å²) in [6, 6.07) is 77.9. The zero-order chi connectivity index (χ0) is 54.3. The summed E-state index contributed by atoms with van der Waals surface area (Å²) in [6.07, 6.45) is 0. The molecule has 0 aliphatic rings. The van der Waals surface area contributed by atoms with Crippen LogP contribution in [0.15, 0.2) is 297 Å². The lowest BCUT2D eigenvalue weighted by atomic mass is 9.89. The molecule has 0 aliphatic carbocycles. The summed E-state index contributed by atoms with van der Waals surface area (Å²) in [6.45, 7) is 0. The first kappa shape index (κ1) is 34.9. The predicted octanol–water partition coefficient (Wildman–Crippen LogP) is 19.6. The Bertz CT molecular complexity index is 4130. The van der Waals surface area contributed by atoms with Crippen LogP contribution in [0.1, 0.15) is 11.0 Å². The van der Waals surface area contributed by atoms with E-state index in [1.54, 1.807) is 12.1 Å². The van der Waals surface area contributed by atoms with Gasteiger partial charge in [0.05, 0.1) is 11.0 Å². The smallest absolute Gasteiger partial charge is 0.0645 e. The van der Waals surface area contributed by atoms with Crippen LogP contribution in [0.4, 0.5) is 17.1 Å². The van der Waals surface area contributed by atoms with Gasteiger partial charge in [0, 0.05) is 17.1 Å². The van der Waals surface area contributed by atoms with E-state index in [0.717, 1.165) is 77.5 Å². The van der Waals surface area contributed by atoms with Crippen LogP contribution in [0.3, 0.4) is 0 Å². The molecule has 0 N–H and O–H groups in total. The molecular formula is C70H49N. The second kappa shape index (κ2) is 19.4. The summed E-state index contributed by atoms with van der Waals surface area (Å²) in [4.78, 5) is 1.38. The first-order chi connectivity index (χ1) is 38.5. The van der Waals surface area contributed by atoms with Gasteiger partial charge in [-0.15, -0.1) is 0 Å². The second-order valence-corrected chi connectivity index (χ2v) is 17.4. The van der Waals surface area contributed by atoms with Crippen LogP contribution in [0.5, 0.6) is 0 Å². The van der Waals surface area contributed by atoms with Gasteiger partial charge in [-0.2, -0.15) is 0 Å². The zero-order valence-electron chi connectivity index (χ0n) is 46.6. The Morgan fingerprint density at radius 1 is 0.225 bits per heavy atom. The standard InChI is InChI=1S/C70H49N/c1-6-18-50(19-7-1)60-46-61(51-20-8-2-9-21-51)48-62(47-60)53-32-40-64(41-33-53)71(65-42-34-57(35-43-65)68-45-36-56-26-16-17-29-67(56)70(68)58-27-14-5-15-28-58)63-38-30-52(31-39-63)59-37-44-66(54-22-10-3-11-23-54)69(49-59)55-24-12-4-13-25-55/h1-49H/i30D,31D,32D,33D,38D,39D,40D,41D. The van der Waals surface area contributed by atoms with Crippen molar-refractivity contribution < 1.29 is 11.0 Å². The van der Waals surface area contributed by atoms with Crippen molar-refractivity contribution in [1.29, 1.82) is 0 Å². The number of benzene rings is 12. The average molecular weight is 912 g/mol. The minimum absolute atomic E-state index is 0.0804. The quantitative estimate of drug-likeness (QED) is 0.125. The van der Waals surface area contributed by atoms with E-state index in [9.17, 15) is 11.0 Å². The van der Waals surface area contributed by atoms with Crippen molar-refractivity contribution >= 4 is 27.8 Å². The third-order valence-corrected chi connectivity index (χ3v) is 13.0. The van der Waals surface area contributed by atoms with Gasteiger partial charge in [0.25, 0.3) is 0 Å². The summed E-state index contributed by atoms with van der Waals surface area (Å²) >= 11 is 0. The molecule has 0 radical (unpaired) electrons. The molecule has 1 heteroatoms. The van der Waals surface area contributed by atoms with Crippen LogP contribution in [0, 0.1) is 0 Å². The lowest BCUT2D eigenvalue weighted by Gasteiger charge is -2.26. The molecule has 0 amide bonds. The molecule has 12 aromatic carbocycles. The largest absolute Gasteiger partial charge is 0.311 e. The molecule has 0 heterocycles. The van der Waals surface area contributed by atoms with Crippen molar-refractivity contribution in [2.24, 2.45) is 0 Å². The number of rotatable bonds is 11. The molecule has 12 aromatic rings. The lowest BCUT2D eigenvalue weighted by Crippen LogP contribution is -2.09. The Morgan fingerprint density at radius 2 is 0.620 bits per heavy atom. The first-order valence-corrected chi connectivity index (χ1v) is 23.8. The number of hydrogen-bond acceptors (Lipinski definition) is 1. The fourth-order valence-electron chi connectivity index (χ4n) is 9.50. The monoisotopic (exact) mass is 911 g/mol. The Morgan fingerprint density at radius 3 is 1.15 bits per heavy atom. The van der Waals surface area contributed by atoms with Gasteiger partial charge in [0.1, 0.15) is 0 Å². The molecule has 71 heavy (non-hydrogen) atoms. The van der Waals surface area contributed by atoms with Crippen molar-refractivity contribution in [3.63, 3.8) is 0 Å². The summed E-state index contributed by atoms with van der Waals surface area (Å²) < 4.78 is 78.9. The van der Waals surface area contributed by atoms with Crippen LogP contribution in [0.2, 0.25) is 0 Å². The van der Waals surface area contributed by atoms with Crippen molar-refractivity contribution in [3.05, 3.63) is 297 Å². The fourth-order valence-corrected chi connectivity index (χ4v) is 9.50. The van der Waals surface area contributed by atoms with Crippen molar-refractivity contribution in [2.75, 3.05) is 4.90 Å². The Hall–Kier alpha value is -9.30. The van der Waals surface area contributed by atoms with Gasteiger partial charge in [-0.1, -0.05) is 236 Å². The predicted molar refractivity (Wildman–Crippen MR) is 302 cm³/mol. The van der Waals surface area contributed by atoms with Gasteiger partial charge >= 0.3 is 0 Å². The first-order valence-electron chi connectivity index (χ1n) is 27.8. The van der Waals surface area contributed by atoms with Crippen molar-refractivity contribution in [3.8, 4) is 89.0 Å². The van der Waals surface area contributed by atoms with E-state index in [0.29, 0.717) is 16.8 Å². The summed E-state index contributed by atoms with van der Waals surface area (Å²) in [5, 5.41) is 2.15. The summed E-state index contributed by atoms with van der Waals surface area (Å²) in [5.41, 5.74) is 12.0. The van der Waals surface area contributed by atoms with Gasteiger partial charge in [0.15, 0.2) is 0 Å². The molecular weight excluding hydrogens is 855 g/mol. The summed E-state index contributed by atoms with van der Waals surface area (Å²) in [5.74, 6) is 0. The number of nitrogens with zero attached hydrogens (tertiary/aromatic N) is 1. The van der Waals surface area contributed by atoms with Crippen LogP contribution in [0.25, 0.3) is 99.8 Å². The third-order valence-electron chi connectivity index (χ3n) is 13.0. The maximum Gasteiger partial charge on any atom is 0.0645 e. The molecule has 0 fully saturated rings. The number of fused-ring (bicyclic) bond motifs is 1. The van der Waals surface area contributed by atoms with E-state index in [1.807, 2.05) is 194 Å². The molecule has 0 spiro atoms. The molecule has 1 nitrogen and oxygen atoms in total. The number of anilines is 3. The molecule has 0 saturated heterocycles. The maximum absolute atomic E-state index is 9.94. The highest BCUT2D eigenvalue weighted by Gasteiger charge is 2.18. The Kier molecular flexibility index (Phi) is 9.52. The lowest BCUT2D eigenvalue weighted by molar-refractivity contribution is 1.28. The molecule has 0 bridgehead atoms. The van der Waals surface area contributed by atoms with E-state index in [4.69, 9.17) is 0 Å². The van der Waals surface area contributed by atoms with E-state index in [1.165, 1.54) is 4.90 Å². The fraction of sp³-hybridized carbons (Fsp3) is 0. The molecule has 0 atom stereocenters. The van der Waals surface area contributed by atoms with Crippen molar-refractivity contribution in [1.82, 2.24) is 0 Å². The van der Waals surface area contributed by atoms with E-state index in [-0.39, 0.29) is 46.7 Å². The zero-order valence-corrected chi connectivity index (χ0v) is 38.6. The Labute approximate surface area is 428 Å². The van der Waals surface area contributed by atoms with E-state index in [2.05, 4.69) is 42.5 Å². The van der Waals surface area contributed by atoms with Gasteiger partial charge in [-0.05, 0) is 160 Å². The van der Waals surface area contributed by atoms with E-state index < -0.39 is 24.2 Å². The van der Waals surface area contributed by atoms with Crippen LogP contribution in [-0.2, 0) is 0 Å². The highest BCUT2D eigenvalue weighted by Crippen LogP contribution is 2.43. The number of hydrogen-bond donors (Lipinski definition) is 0. The van der Waals surface area contributed by atoms with Gasteiger partial charge in [-0.3, -0.25) is 0 Å². The van der Waals surface area contributed by atoms with E-state index >= 15 is 0 Å². The van der Waals surface area contributed by atoms with Crippen molar-refractivity contribution in [2.45, 2.75) is 0 Å². The highest BCUT2D eigenvalue weighted by atomic mass is 15.1. The SMILES string of the molecule is [2H]c1c([2H])c(N(c2ccc(-c3ccc4ccccc4c3-c3ccccc3)cc2)c2c([2H])c([2H])c(-c3ccc(-c4ccccc4)c(-c4ccccc4)c3)c([2H])c2[2H])c([2H])c([2H])c1-c1cc(-c2ccccc2)cc(-c2ccccc2)c1. The molecule has 0 aliphatic heterocycles.